The molecule has 0 amide bonds. The molecule has 4 aromatic rings. The molecule has 0 aromatic heterocycles. The van der Waals surface area contributed by atoms with Gasteiger partial charge in [0.25, 0.3) is 0 Å². The fraction of sp³-hybridized carbons (Fsp3) is 0.308. The standard InChI is InChI=1S/2C13H13.Hf/c2*1-9-7-11-3-2-4-12(10-5-6-10)13(11)8-9;/h2*2-4,7-8,10H,5-6H2,1H3;/q2*-1;. The number of hydrogen-bond acceptors (Lipinski definition) is 0. The van der Waals surface area contributed by atoms with Crippen LogP contribution in [-0.4, -0.2) is 0 Å². The molecule has 0 nitrogen and oxygen atoms in total. The normalized spacial score (nSPS) is 16.1. The summed E-state index contributed by atoms with van der Waals surface area (Å²) in [5, 5.41) is 5.81. The smallest absolute Gasteiger partial charge is 0 e. The van der Waals surface area contributed by atoms with Gasteiger partial charge in [-0.15, -0.1) is 69.1 Å². The van der Waals surface area contributed by atoms with Crippen LogP contribution >= 0.6 is 0 Å². The third-order valence-electron chi connectivity index (χ3n) is 5.89. The van der Waals surface area contributed by atoms with E-state index in [0.29, 0.717) is 0 Å². The topological polar surface area (TPSA) is 0 Å². The van der Waals surface area contributed by atoms with Crippen molar-refractivity contribution in [2.24, 2.45) is 0 Å². The van der Waals surface area contributed by atoms with E-state index in [1.54, 1.807) is 11.1 Å². The van der Waals surface area contributed by atoms with E-state index in [2.05, 4.69) is 74.5 Å². The van der Waals surface area contributed by atoms with Gasteiger partial charge in [-0.1, -0.05) is 37.1 Å². The maximum atomic E-state index is 2.32. The number of benzene rings is 2. The summed E-state index contributed by atoms with van der Waals surface area (Å²) in [6, 6.07) is 22.6. The fourth-order valence-electron chi connectivity index (χ4n) is 4.32. The average Bonchev–Trinajstić information content (AvgIpc) is 3.54. The van der Waals surface area contributed by atoms with Gasteiger partial charge in [-0.05, 0) is 37.5 Å². The first-order chi connectivity index (χ1) is 12.7. The third-order valence-corrected chi connectivity index (χ3v) is 5.89. The molecule has 0 unspecified atom stereocenters. The molecule has 0 radical (unpaired) electrons. The van der Waals surface area contributed by atoms with E-state index < -0.39 is 0 Å². The van der Waals surface area contributed by atoms with Crippen LogP contribution in [0.4, 0.5) is 0 Å². The Hall–Kier alpha value is -1.47. The predicted molar refractivity (Wildman–Crippen MR) is 113 cm³/mol. The Bertz CT molecular complexity index is 982. The van der Waals surface area contributed by atoms with Crippen molar-refractivity contribution >= 4 is 21.5 Å². The molecule has 1 heteroatoms. The van der Waals surface area contributed by atoms with E-state index >= 15 is 0 Å². The van der Waals surface area contributed by atoms with Crippen LogP contribution in [0.5, 0.6) is 0 Å². The summed E-state index contributed by atoms with van der Waals surface area (Å²) in [4.78, 5) is 0. The van der Waals surface area contributed by atoms with Crippen molar-refractivity contribution in [2.75, 3.05) is 0 Å². The summed E-state index contributed by atoms with van der Waals surface area (Å²) < 4.78 is 0. The zero-order valence-corrected chi connectivity index (χ0v) is 19.8. The Morgan fingerprint density at radius 2 is 1.07 bits per heavy atom. The van der Waals surface area contributed by atoms with E-state index in [4.69, 9.17) is 0 Å². The molecule has 2 fully saturated rings. The summed E-state index contributed by atoms with van der Waals surface area (Å²) in [5.41, 5.74) is 5.93. The molecular formula is C26H26Hf-2. The van der Waals surface area contributed by atoms with Crippen molar-refractivity contribution in [3.63, 3.8) is 0 Å². The third kappa shape index (κ3) is 3.90. The zero-order valence-electron chi connectivity index (χ0n) is 16.3. The number of hydrogen-bond donors (Lipinski definition) is 0. The molecule has 0 N–H and O–H groups in total. The zero-order chi connectivity index (χ0) is 17.7. The first-order valence-electron chi connectivity index (χ1n) is 10.0. The molecule has 136 valence electrons. The van der Waals surface area contributed by atoms with Crippen molar-refractivity contribution in [3.8, 4) is 0 Å². The minimum Gasteiger partial charge on any atom is -0.165 e. The number of fused-ring (bicyclic) bond motifs is 2. The first-order valence-corrected chi connectivity index (χ1v) is 10.0. The summed E-state index contributed by atoms with van der Waals surface area (Å²) in [7, 11) is 0. The monoisotopic (exact) mass is 518 g/mol. The Kier molecular flexibility index (Phi) is 5.25. The van der Waals surface area contributed by atoms with Crippen LogP contribution in [0.3, 0.4) is 0 Å². The quantitative estimate of drug-likeness (QED) is 0.191. The van der Waals surface area contributed by atoms with Crippen LogP contribution in [-0.2, 0) is 25.8 Å². The molecule has 27 heavy (non-hydrogen) atoms. The van der Waals surface area contributed by atoms with Crippen molar-refractivity contribution in [1.29, 1.82) is 0 Å². The minimum atomic E-state index is 0. The van der Waals surface area contributed by atoms with Gasteiger partial charge in [-0.25, -0.2) is 0 Å². The second-order valence-corrected chi connectivity index (χ2v) is 8.31. The van der Waals surface area contributed by atoms with Gasteiger partial charge in [-0.2, -0.15) is 12.1 Å². The maximum Gasteiger partial charge on any atom is 0 e. The van der Waals surface area contributed by atoms with Gasteiger partial charge in [0.05, 0.1) is 0 Å². The summed E-state index contributed by atoms with van der Waals surface area (Å²) >= 11 is 0. The fourth-order valence-corrected chi connectivity index (χ4v) is 4.32. The molecule has 0 heterocycles. The van der Waals surface area contributed by atoms with Crippen molar-refractivity contribution in [3.05, 3.63) is 82.9 Å². The Labute approximate surface area is 181 Å². The van der Waals surface area contributed by atoms with Gasteiger partial charge in [0.1, 0.15) is 0 Å². The molecular weight excluding hydrogens is 491 g/mol. The van der Waals surface area contributed by atoms with Gasteiger partial charge in [0.15, 0.2) is 0 Å². The SMILES string of the molecule is Cc1cc2c(C3CC3)cccc2[cH-]1.Cc1cc2c(C3CC3)cccc2[cH-]1.[Hf]. The second kappa shape index (κ2) is 7.51. The van der Waals surface area contributed by atoms with Crippen LogP contribution in [0.2, 0.25) is 0 Å². The first kappa shape index (κ1) is 18.9. The van der Waals surface area contributed by atoms with Crippen molar-refractivity contribution in [1.82, 2.24) is 0 Å². The van der Waals surface area contributed by atoms with Gasteiger partial charge in [0, 0.05) is 25.8 Å². The van der Waals surface area contributed by atoms with E-state index in [-0.39, 0.29) is 25.8 Å². The van der Waals surface area contributed by atoms with E-state index in [9.17, 15) is 0 Å². The Morgan fingerprint density at radius 1 is 0.667 bits per heavy atom. The second-order valence-electron chi connectivity index (χ2n) is 8.31. The molecule has 0 spiro atoms. The number of rotatable bonds is 2. The summed E-state index contributed by atoms with van der Waals surface area (Å²) in [6.07, 6.45) is 5.57. The molecule has 0 saturated heterocycles. The van der Waals surface area contributed by atoms with Gasteiger partial charge < -0.3 is 0 Å². The average molecular weight is 517 g/mol. The molecule has 4 aromatic carbocycles. The van der Waals surface area contributed by atoms with E-state index in [1.807, 2.05) is 0 Å². The van der Waals surface area contributed by atoms with Crippen LogP contribution in [0.15, 0.2) is 60.7 Å². The van der Waals surface area contributed by atoms with Crippen molar-refractivity contribution < 1.29 is 25.8 Å². The molecule has 6 rings (SSSR count). The molecule has 2 aliphatic rings. The molecule has 2 saturated carbocycles. The number of aryl methyl sites for hydroxylation is 2. The van der Waals surface area contributed by atoms with Gasteiger partial charge in [0.2, 0.25) is 0 Å². The van der Waals surface area contributed by atoms with Crippen LogP contribution in [0, 0.1) is 13.8 Å². The molecule has 2 aliphatic carbocycles. The summed E-state index contributed by atoms with van der Waals surface area (Å²) in [6.45, 7) is 4.35. The van der Waals surface area contributed by atoms with Crippen molar-refractivity contribution in [2.45, 2.75) is 51.4 Å². The van der Waals surface area contributed by atoms with E-state index in [0.717, 1.165) is 11.8 Å². The molecule has 0 aliphatic heterocycles. The van der Waals surface area contributed by atoms with Crippen LogP contribution in [0.25, 0.3) is 21.5 Å². The maximum absolute atomic E-state index is 2.32. The van der Waals surface area contributed by atoms with E-state index in [1.165, 1.54) is 58.4 Å². The minimum absolute atomic E-state index is 0. The van der Waals surface area contributed by atoms with Gasteiger partial charge in [-0.3, -0.25) is 0 Å². The predicted octanol–water partition coefficient (Wildman–Crippen LogP) is 7.49. The van der Waals surface area contributed by atoms with Crippen LogP contribution < -0.4 is 0 Å². The molecule has 0 atom stereocenters. The Balaban J connectivity index is 0.000000129. The van der Waals surface area contributed by atoms with Crippen LogP contribution in [0.1, 0.15) is 59.8 Å². The molecule has 0 bridgehead atoms. The Morgan fingerprint density at radius 3 is 1.44 bits per heavy atom. The largest absolute Gasteiger partial charge is 0.165 e. The summed E-state index contributed by atoms with van der Waals surface area (Å²) in [5.74, 6) is 1.73. The van der Waals surface area contributed by atoms with Gasteiger partial charge >= 0.3 is 0 Å².